The number of alkyl halides is 1. The van der Waals surface area contributed by atoms with Crippen LogP contribution in [0.25, 0.3) is 0 Å². The molecule has 3 nitrogen and oxygen atoms in total. The fourth-order valence-electron chi connectivity index (χ4n) is 3.64. The standard InChI is InChI=1S/C14H19BrClNO2S2/c15-14-13(8-11(9-16)20-14)21(18,19)17-7-3-5-10-4-1-2-6-12(10)17/h8,10,12H,1-7,9H2/t10-,12-/m1/s1. The lowest BCUT2D eigenvalue weighted by molar-refractivity contribution is 0.129. The zero-order valence-electron chi connectivity index (χ0n) is 11.7. The van der Waals surface area contributed by atoms with E-state index in [1.165, 1.54) is 30.6 Å². The highest BCUT2D eigenvalue weighted by atomic mass is 79.9. The van der Waals surface area contributed by atoms with Crippen LogP contribution >= 0.6 is 38.9 Å². The largest absolute Gasteiger partial charge is 0.245 e. The van der Waals surface area contributed by atoms with Crippen molar-refractivity contribution in [3.8, 4) is 0 Å². The first-order chi connectivity index (χ1) is 10.0. The van der Waals surface area contributed by atoms with E-state index in [0.29, 0.717) is 27.0 Å². The summed E-state index contributed by atoms with van der Waals surface area (Å²) in [6, 6.07) is 1.92. The van der Waals surface area contributed by atoms with Crippen LogP contribution in [0.1, 0.15) is 43.4 Å². The molecule has 3 rings (SSSR count). The molecule has 118 valence electrons. The van der Waals surface area contributed by atoms with E-state index in [2.05, 4.69) is 15.9 Å². The van der Waals surface area contributed by atoms with Crippen molar-refractivity contribution >= 4 is 48.9 Å². The minimum absolute atomic E-state index is 0.198. The molecule has 2 heterocycles. The topological polar surface area (TPSA) is 37.4 Å². The summed E-state index contributed by atoms with van der Waals surface area (Å²) < 4.78 is 28.5. The summed E-state index contributed by atoms with van der Waals surface area (Å²) in [5, 5.41) is 0. The maximum atomic E-state index is 13.1. The van der Waals surface area contributed by atoms with E-state index in [0.717, 1.165) is 24.1 Å². The summed E-state index contributed by atoms with van der Waals surface area (Å²) in [5.41, 5.74) is 0. The molecule has 0 bridgehead atoms. The Hall–Kier alpha value is 0.380. The van der Waals surface area contributed by atoms with Crippen LogP contribution in [0.4, 0.5) is 0 Å². The highest BCUT2D eigenvalue weighted by molar-refractivity contribution is 9.11. The van der Waals surface area contributed by atoms with Crippen LogP contribution in [0.2, 0.25) is 0 Å². The van der Waals surface area contributed by atoms with Crippen LogP contribution in [0.15, 0.2) is 14.7 Å². The highest BCUT2D eigenvalue weighted by Crippen LogP contribution is 2.41. The first-order valence-corrected chi connectivity index (χ1v) is 11.0. The van der Waals surface area contributed by atoms with Crippen molar-refractivity contribution in [2.75, 3.05) is 6.54 Å². The van der Waals surface area contributed by atoms with E-state index in [-0.39, 0.29) is 6.04 Å². The number of rotatable bonds is 3. The number of nitrogens with zero attached hydrogens (tertiary/aromatic N) is 1. The molecule has 2 atom stereocenters. The van der Waals surface area contributed by atoms with Gasteiger partial charge in [-0.3, -0.25) is 0 Å². The monoisotopic (exact) mass is 411 g/mol. The molecule has 1 aromatic rings. The second-order valence-corrected chi connectivity index (χ2v) is 10.4. The Morgan fingerprint density at radius 2 is 2.00 bits per heavy atom. The second-order valence-electron chi connectivity index (χ2n) is 5.85. The first kappa shape index (κ1) is 16.2. The van der Waals surface area contributed by atoms with E-state index >= 15 is 0 Å². The number of piperidine rings is 1. The summed E-state index contributed by atoms with van der Waals surface area (Å²) in [6.07, 6.45) is 6.72. The summed E-state index contributed by atoms with van der Waals surface area (Å²) in [4.78, 5) is 1.29. The highest BCUT2D eigenvalue weighted by Gasteiger charge is 2.40. The van der Waals surface area contributed by atoms with Crippen molar-refractivity contribution in [2.45, 2.75) is 55.3 Å². The van der Waals surface area contributed by atoms with Crippen molar-refractivity contribution in [3.63, 3.8) is 0 Å². The van der Waals surface area contributed by atoms with Gasteiger partial charge in [0.2, 0.25) is 10.0 Å². The van der Waals surface area contributed by atoms with E-state index in [1.54, 1.807) is 10.4 Å². The van der Waals surface area contributed by atoms with Crippen LogP contribution in [0.5, 0.6) is 0 Å². The Morgan fingerprint density at radius 3 is 2.71 bits per heavy atom. The summed E-state index contributed by atoms with van der Waals surface area (Å²) in [5.74, 6) is 0.900. The zero-order chi connectivity index (χ0) is 15.0. The van der Waals surface area contributed by atoms with Gasteiger partial charge in [-0.1, -0.05) is 12.8 Å². The lowest BCUT2D eigenvalue weighted by atomic mass is 9.79. The third-order valence-corrected chi connectivity index (χ3v) is 9.24. The van der Waals surface area contributed by atoms with Gasteiger partial charge in [-0.15, -0.1) is 22.9 Å². The fourth-order valence-corrected chi connectivity index (χ4v) is 8.12. The Morgan fingerprint density at radius 1 is 1.29 bits per heavy atom. The molecule has 1 aromatic heterocycles. The SMILES string of the molecule is O=S(=O)(c1cc(CCl)sc1Br)N1CCC[C@H]2CCCC[C@H]21. The zero-order valence-corrected chi connectivity index (χ0v) is 15.7. The van der Waals surface area contributed by atoms with E-state index in [4.69, 9.17) is 11.6 Å². The van der Waals surface area contributed by atoms with E-state index in [9.17, 15) is 8.42 Å². The molecule has 1 aliphatic heterocycles. The van der Waals surface area contributed by atoms with Crippen molar-refractivity contribution in [3.05, 3.63) is 14.7 Å². The molecule has 2 aliphatic rings. The molecule has 7 heteroatoms. The predicted octanol–water partition coefficient (Wildman–Crippen LogP) is 4.59. The van der Waals surface area contributed by atoms with Crippen LogP contribution in [-0.2, 0) is 15.9 Å². The summed E-state index contributed by atoms with van der Waals surface area (Å²) >= 11 is 10.7. The third kappa shape index (κ3) is 3.07. The number of hydrogen-bond acceptors (Lipinski definition) is 3. The normalized spacial score (nSPS) is 27.5. The van der Waals surface area contributed by atoms with Gasteiger partial charge in [0.1, 0.15) is 4.90 Å². The van der Waals surface area contributed by atoms with Gasteiger partial charge >= 0.3 is 0 Å². The molecular formula is C14H19BrClNO2S2. The van der Waals surface area contributed by atoms with E-state index in [1.807, 2.05) is 0 Å². The third-order valence-electron chi connectivity index (χ3n) is 4.62. The van der Waals surface area contributed by atoms with Crippen molar-refractivity contribution < 1.29 is 8.42 Å². The molecule has 0 spiro atoms. The summed E-state index contributed by atoms with van der Waals surface area (Å²) in [7, 11) is -3.41. The minimum atomic E-state index is -3.41. The first-order valence-electron chi connectivity index (χ1n) is 7.40. The Bertz CT molecular complexity index is 614. The molecule has 0 amide bonds. The average Bonchev–Trinajstić information content (AvgIpc) is 2.88. The predicted molar refractivity (Wildman–Crippen MR) is 90.4 cm³/mol. The van der Waals surface area contributed by atoms with Gasteiger partial charge in [-0.25, -0.2) is 8.42 Å². The van der Waals surface area contributed by atoms with Crippen molar-refractivity contribution in [1.82, 2.24) is 4.31 Å². The van der Waals surface area contributed by atoms with Gasteiger partial charge in [0, 0.05) is 17.5 Å². The minimum Gasteiger partial charge on any atom is -0.207 e. The smallest absolute Gasteiger partial charge is 0.207 e. The van der Waals surface area contributed by atoms with Crippen LogP contribution in [0, 0.1) is 5.92 Å². The number of halogens is 2. The lowest BCUT2D eigenvalue weighted by Crippen LogP contribution is -2.49. The number of thiophene rings is 1. The Labute approximate surface area is 143 Å². The van der Waals surface area contributed by atoms with Gasteiger partial charge in [-0.2, -0.15) is 4.31 Å². The molecule has 0 unspecified atom stereocenters. The van der Waals surface area contributed by atoms with Gasteiger partial charge in [-0.05, 0) is 53.6 Å². The molecule has 0 aromatic carbocycles. The lowest BCUT2D eigenvalue weighted by Gasteiger charge is -2.43. The molecule has 0 N–H and O–H groups in total. The maximum Gasteiger partial charge on any atom is 0.245 e. The second kappa shape index (κ2) is 6.48. The molecule has 21 heavy (non-hydrogen) atoms. The molecule has 0 radical (unpaired) electrons. The van der Waals surface area contributed by atoms with Gasteiger partial charge < -0.3 is 0 Å². The van der Waals surface area contributed by atoms with Gasteiger partial charge in [0.15, 0.2) is 0 Å². The molecule has 1 saturated carbocycles. The van der Waals surface area contributed by atoms with Crippen LogP contribution in [-0.4, -0.2) is 25.3 Å². The quantitative estimate of drug-likeness (QED) is 0.681. The van der Waals surface area contributed by atoms with Gasteiger partial charge in [0.05, 0.1) is 9.67 Å². The Balaban J connectivity index is 1.94. The summed E-state index contributed by atoms with van der Waals surface area (Å²) in [6.45, 7) is 0.655. The number of sulfonamides is 1. The molecule has 2 fully saturated rings. The number of hydrogen-bond donors (Lipinski definition) is 0. The average molecular weight is 413 g/mol. The van der Waals surface area contributed by atoms with Gasteiger partial charge in [0.25, 0.3) is 0 Å². The van der Waals surface area contributed by atoms with Crippen molar-refractivity contribution in [2.24, 2.45) is 5.92 Å². The fraction of sp³-hybridized carbons (Fsp3) is 0.714. The van der Waals surface area contributed by atoms with E-state index < -0.39 is 10.0 Å². The van der Waals surface area contributed by atoms with Crippen LogP contribution in [0.3, 0.4) is 0 Å². The Kier molecular flexibility index (Phi) is 5.01. The molecular weight excluding hydrogens is 394 g/mol. The molecule has 1 saturated heterocycles. The van der Waals surface area contributed by atoms with Crippen molar-refractivity contribution in [1.29, 1.82) is 0 Å². The molecule has 1 aliphatic carbocycles. The number of fused-ring (bicyclic) bond motifs is 1. The van der Waals surface area contributed by atoms with Crippen LogP contribution < -0.4 is 0 Å². The maximum absolute atomic E-state index is 13.1.